The normalized spacial score (nSPS) is 21.7. The highest BCUT2D eigenvalue weighted by molar-refractivity contribution is 5.54. The number of likely N-dealkylation sites (tertiary alicyclic amines) is 1. The van der Waals surface area contributed by atoms with Crippen molar-refractivity contribution < 1.29 is 5.11 Å². The van der Waals surface area contributed by atoms with Crippen LogP contribution < -0.4 is 15.9 Å². The number of fused-ring (bicyclic) bond motifs is 4. The first kappa shape index (κ1) is 25.9. The Hall–Kier alpha value is -3.36. The van der Waals surface area contributed by atoms with Crippen molar-refractivity contribution in [3.63, 3.8) is 0 Å². The standard InChI is InChI=1S/C31H39N5O3/c1-21-7-8-26(22(2)13-21)35-11-9-33(10-12-35)20-28-31(39)29(37)15-25(32(28)3)19-34-16-23-14-24(18-34)27-5-4-6-30(38)36(27)17-23/h4-8,13,15,23-24,39H,9-12,14,16-20H2,1-3H3. The molecular formula is C31H39N5O3. The van der Waals surface area contributed by atoms with Gasteiger partial charge < -0.3 is 19.1 Å². The van der Waals surface area contributed by atoms with Gasteiger partial charge in [0.1, 0.15) is 0 Å². The van der Waals surface area contributed by atoms with Gasteiger partial charge in [0.05, 0.1) is 5.69 Å². The summed E-state index contributed by atoms with van der Waals surface area (Å²) in [6, 6.07) is 13.8. The summed E-state index contributed by atoms with van der Waals surface area (Å²) in [5, 5.41) is 10.8. The first-order valence-corrected chi connectivity index (χ1v) is 14.1. The quantitative estimate of drug-likeness (QED) is 0.548. The van der Waals surface area contributed by atoms with E-state index in [4.69, 9.17) is 0 Å². The summed E-state index contributed by atoms with van der Waals surface area (Å²) >= 11 is 0. The van der Waals surface area contributed by atoms with E-state index in [1.807, 2.05) is 22.2 Å². The molecule has 5 heterocycles. The fourth-order valence-electron chi connectivity index (χ4n) is 7.00. The molecule has 0 amide bonds. The van der Waals surface area contributed by atoms with E-state index in [1.165, 1.54) is 16.8 Å². The fraction of sp³-hybridized carbons (Fsp3) is 0.484. The van der Waals surface area contributed by atoms with Crippen molar-refractivity contribution in [3.8, 4) is 5.75 Å². The maximum Gasteiger partial charge on any atom is 0.250 e. The number of piperazine rings is 1. The Morgan fingerprint density at radius 2 is 1.69 bits per heavy atom. The van der Waals surface area contributed by atoms with Crippen molar-refractivity contribution in [2.45, 2.75) is 45.8 Å². The molecule has 1 aromatic carbocycles. The van der Waals surface area contributed by atoms with E-state index >= 15 is 0 Å². The molecule has 3 aliphatic rings. The number of rotatable bonds is 5. The Balaban J connectivity index is 1.16. The number of aromatic nitrogens is 2. The third-order valence-electron chi connectivity index (χ3n) is 9.02. The number of benzene rings is 1. The van der Waals surface area contributed by atoms with Gasteiger partial charge in [-0.2, -0.15) is 0 Å². The molecule has 0 saturated carbocycles. The second-order valence-electron chi connectivity index (χ2n) is 11.8. The Kier molecular flexibility index (Phi) is 6.85. The Labute approximate surface area is 229 Å². The zero-order valence-electron chi connectivity index (χ0n) is 23.3. The topological polar surface area (TPSA) is 74.0 Å². The average Bonchev–Trinajstić information content (AvgIpc) is 2.91. The van der Waals surface area contributed by atoms with Gasteiger partial charge in [0, 0.05) is 101 Å². The minimum Gasteiger partial charge on any atom is -0.503 e. The van der Waals surface area contributed by atoms with Crippen molar-refractivity contribution in [2.24, 2.45) is 13.0 Å². The number of hydrogen-bond donors (Lipinski definition) is 1. The fourth-order valence-corrected chi connectivity index (χ4v) is 7.00. The highest BCUT2D eigenvalue weighted by atomic mass is 16.3. The van der Waals surface area contributed by atoms with Gasteiger partial charge in [0.25, 0.3) is 5.56 Å². The molecule has 0 radical (unpaired) electrons. The van der Waals surface area contributed by atoms with Crippen molar-refractivity contribution in [1.29, 1.82) is 0 Å². The van der Waals surface area contributed by atoms with Crippen LogP contribution in [0.4, 0.5) is 5.69 Å². The van der Waals surface area contributed by atoms with Crippen molar-refractivity contribution in [3.05, 3.63) is 91.3 Å². The molecule has 2 saturated heterocycles. The monoisotopic (exact) mass is 529 g/mol. The summed E-state index contributed by atoms with van der Waals surface area (Å²) in [5.74, 6) is 0.619. The van der Waals surface area contributed by atoms with Crippen LogP contribution in [0.25, 0.3) is 0 Å². The summed E-state index contributed by atoms with van der Waals surface area (Å²) in [5.41, 5.74) is 6.39. The van der Waals surface area contributed by atoms with Gasteiger partial charge in [0.2, 0.25) is 5.43 Å². The van der Waals surface area contributed by atoms with E-state index in [-0.39, 0.29) is 16.7 Å². The van der Waals surface area contributed by atoms with Crippen LogP contribution in [0.2, 0.25) is 0 Å². The molecule has 0 spiro atoms. The maximum atomic E-state index is 12.8. The third-order valence-corrected chi connectivity index (χ3v) is 9.02. The van der Waals surface area contributed by atoms with Crippen LogP contribution in [0.5, 0.6) is 5.75 Å². The molecule has 6 rings (SSSR count). The van der Waals surface area contributed by atoms with E-state index in [1.54, 1.807) is 12.1 Å². The van der Waals surface area contributed by atoms with E-state index in [0.29, 0.717) is 30.6 Å². The van der Waals surface area contributed by atoms with Crippen LogP contribution in [-0.2, 0) is 26.7 Å². The van der Waals surface area contributed by atoms with Gasteiger partial charge in [-0.15, -0.1) is 0 Å². The number of nitrogens with zero attached hydrogens (tertiary/aromatic N) is 5. The largest absolute Gasteiger partial charge is 0.503 e. The smallest absolute Gasteiger partial charge is 0.250 e. The Morgan fingerprint density at radius 1 is 0.897 bits per heavy atom. The zero-order chi connectivity index (χ0) is 27.3. The lowest BCUT2D eigenvalue weighted by Crippen LogP contribution is -2.47. The average molecular weight is 530 g/mol. The molecule has 2 fully saturated rings. The van der Waals surface area contributed by atoms with Gasteiger partial charge in [0.15, 0.2) is 5.75 Å². The van der Waals surface area contributed by atoms with Crippen LogP contribution in [0.15, 0.2) is 52.1 Å². The van der Waals surface area contributed by atoms with Crippen molar-refractivity contribution in [2.75, 3.05) is 44.2 Å². The molecule has 8 heteroatoms. The molecule has 2 aromatic heterocycles. The number of aromatic hydroxyl groups is 1. The van der Waals surface area contributed by atoms with Crippen LogP contribution in [0.3, 0.4) is 0 Å². The van der Waals surface area contributed by atoms with Crippen LogP contribution in [0, 0.1) is 19.8 Å². The summed E-state index contributed by atoms with van der Waals surface area (Å²) in [4.78, 5) is 32.4. The number of hydrogen-bond acceptors (Lipinski definition) is 6. The lowest BCUT2D eigenvalue weighted by atomic mass is 9.83. The van der Waals surface area contributed by atoms with Crippen LogP contribution in [-0.4, -0.2) is 63.3 Å². The maximum absolute atomic E-state index is 12.8. The molecule has 206 valence electrons. The second kappa shape index (κ2) is 10.3. The first-order chi connectivity index (χ1) is 18.8. The summed E-state index contributed by atoms with van der Waals surface area (Å²) < 4.78 is 3.97. The van der Waals surface area contributed by atoms with Crippen LogP contribution in [0.1, 0.15) is 40.5 Å². The molecule has 3 aromatic rings. The summed E-state index contributed by atoms with van der Waals surface area (Å²) in [6.45, 7) is 11.6. The van der Waals surface area contributed by atoms with E-state index in [9.17, 15) is 14.7 Å². The Morgan fingerprint density at radius 3 is 2.46 bits per heavy atom. The predicted octanol–water partition coefficient (Wildman–Crippen LogP) is 2.81. The minimum absolute atomic E-state index is 0.0936. The lowest BCUT2D eigenvalue weighted by Gasteiger charge is -2.43. The predicted molar refractivity (Wildman–Crippen MR) is 154 cm³/mol. The second-order valence-corrected chi connectivity index (χ2v) is 11.8. The summed E-state index contributed by atoms with van der Waals surface area (Å²) in [7, 11) is 1.97. The van der Waals surface area contributed by atoms with E-state index in [0.717, 1.165) is 63.6 Å². The molecule has 3 aliphatic heterocycles. The Bertz CT molecular complexity index is 1500. The molecule has 39 heavy (non-hydrogen) atoms. The van der Waals surface area contributed by atoms with Crippen molar-refractivity contribution >= 4 is 5.69 Å². The first-order valence-electron chi connectivity index (χ1n) is 14.1. The number of anilines is 1. The van der Waals surface area contributed by atoms with Gasteiger partial charge >= 0.3 is 0 Å². The van der Waals surface area contributed by atoms with Crippen molar-refractivity contribution in [1.82, 2.24) is 18.9 Å². The molecular weight excluding hydrogens is 490 g/mol. The number of pyridine rings is 2. The summed E-state index contributed by atoms with van der Waals surface area (Å²) in [6.07, 6.45) is 1.10. The van der Waals surface area contributed by atoms with Gasteiger partial charge in [-0.1, -0.05) is 23.8 Å². The number of piperidine rings is 1. The minimum atomic E-state index is -0.305. The number of aryl methyl sites for hydroxylation is 2. The molecule has 8 nitrogen and oxygen atoms in total. The molecule has 2 unspecified atom stereocenters. The van der Waals surface area contributed by atoms with Gasteiger partial charge in [-0.3, -0.25) is 19.4 Å². The highest BCUT2D eigenvalue weighted by Crippen LogP contribution is 2.35. The highest BCUT2D eigenvalue weighted by Gasteiger charge is 2.34. The zero-order valence-corrected chi connectivity index (χ0v) is 23.3. The molecule has 2 atom stereocenters. The van der Waals surface area contributed by atoms with E-state index < -0.39 is 0 Å². The molecule has 0 aliphatic carbocycles. The molecule has 1 N–H and O–H groups in total. The lowest BCUT2D eigenvalue weighted by molar-refractivity contribution is 0.112. The van der Waals surface area contributed by atoms with Gasteiger partial charge in [-0.05, 0) is 43.9 Å². The SMILES string of the molecule is Cc1ccc(N2CCN(Cc3c(O)c(=O)cc(CN4CC5CC(C4)c4cccc(=O)n4C5)n3C)CC2)c(C)c1. The van der Waals surface area contributed by atoms with E-state index in [2.05, 4.69) is 52.8 Å². The van der Waals surface area contributed by atoms with Crippen LogP contribution >= 0.6 is 0 Å². The molecule has 2 bridgehead atoms. The third kappa shape index (κ3) is 5.03. The van der Waals surface area contributed by atoms with Gasteiger partial charge in [-0.25, -0.2) is 0 Å².